The van der Waals surface area contributed by atoms with Crippen LogP contribution in [0.3, 0.4) is 0 Å². The number of nitrogens with zero attached hydrogens (tertiary/aromatic N) is 2. The summed E-state index contributed by atoms with van der Waals surface area (Å²) in [5.41, 5.74) is 1.58. The second kappa shape index (κ2) is 7.04. The van der Waals surface area contributed by atoms with Gasteiger partial charge in [0, 0.05) is 42.9 Å². The Labute approximate surface area is 149 Å². The summed E-state index contributed by atoms with van der Waals surface area (Å²) in [6.45, 7) is 6.45. The van der Waals surface area contributed by atoms with E-state index < -0.39 is 0 Å². The van der Waals surface area contributed by atoms with E-state index in [2.05, 4.69) is 4.98 Å². The number of pyridine rings is 1. The number of rotatable bonds is 5. The first-order valence-electron chi connectivity index (χ1n) is 9.54. The molecule has 0 spiro atoms. The molecule has 1 aromatic heterocycles. The molecule has 1 amide bonds. The lowest BCUT2D eigenvalue weighted by Crippen LogP contribution is -2.37. The van der Waals surface area contributed by atoms with Crippen LogP contribution in [-0.2, 0) is 9.47 Å². The Morgan fingerprint density at radius 1 is 1.40 bits per heavy atom. The summed E-state index contributed by atoms with van der Waals surface area (Å²) in [6, 6.07) is 3.77. The van der Waals surface area contributed by atoms with Crippen LogP contribution in [0.5, 0.6) is 0 Å². The largest absolute Gasteiger partial charge is 0.380 e. The number of hydrogen-bond donors (Lipinski definition) is 0. The maximum atomic E-state index is 12.8. The average Bonchev–Trinajstić information content (AvgIpc) is 3.31. The Hall–Kier alpha value is -1.46. The molecular formula is C20H28N2O3. The molecule has 0 N–H and O–H groups in total. The molecule has 5 nitrogen and oxygen atoms in total. The maximum Gasteiger partial charge on any atom is 0.255 e. The van der Waals surface area contributed by atoms with Gasteiger partial charge >= 0.3 is 0 Å². The van der Waals surface area contributed by atoms with E-state index in [4.69, 9.17) is 9.47 Å². The highest BCUT2D eigenvalue weighted by Gasteiger charge is 2.52. The number of aromatic nitrogens is 1. The molecule has 0 bridgehead atoms. The third kappa shape index (κ3) is 3.44. The highest BCUT2D eigenvalue weighted by atomic mass is 16.5. The highest BCUT2D eigenvalue weighted by molar-refractivity contribution is 5.94. The molecule has 3 aliphatic rings. The van der Waals surface area contributed by atoms with Crippen molar-refractivity contribution < 1.29 is 14.3 Å². The first-order chi connectivity index (χ1) is 12.2. The molecule has 2 atom stereocenters. The van der Waals surface area contributed by atoms with Crippen molar-refractivity contribution >= 4 is 5.91 Å². The fourth-order valence-electron chi connectivity index (χ4n) is 4.57. The third-order valence-electron chi connectivity index (χ3n) is 6.18. The third-order valence-corrected chi connectivity index (χ3v) is 6.18. The lowest BCUT2D eigenvalue weighted by molar-refractivity contribution is 0.0128. The summed E-state index contributed by atoms with van der Waals surface area (Å²) in [7, 11) is 0. The zero-order chi connectivity index (χ0) is 17.3. The molecule has 0 unspecified atom stereocenters. The molecular weight excluding hydrogens is 316 g/mol. The number of amides is 1. The van der Waals surface area contributed by atoms with E-state index in [-0.39, 0.29) is 11.3 Å². The van der Waals surface area contributed by atoms with Crippen LogP contribution in [0.15, 0.2) is 18.3 Å². The van der Waals surface area contributed by atoms with Gasteiger partial charge in [0.15, 0.2) is 0 Å². The monoisotopic (exact) mass is 344 g/mol. The predicted octanol–water partition coefficient (Wildman–Crippen LogP) is 2.69. The van der Waals surface area contributed by atoms with E-state index in [1.165, 1.54) is 25.7 Å². The lowest BCUT2D eigenvalue weighted by atomic mass is 9.82. The molecule has 1 saturated carbocycles. The molecule has 0 aromatic carbocycles. The molecule has 4 rings (SSSR count). The fraction of sp³-hybridized carbons (Fsp3) is 0.700. The van der Waals surface area contributed by atoms with Gasteiger partial charge in [0.05, 0.1) is 25.4 Å². The SMILES string of the molecule is Cc1ccc(C(=O)N2C[C@@H]3COC[C@]3(COCC3CCCC3)C2)cn1. The van der Waals surface area contributed by atoms with Crippen molar-refractivity contribution in [2.24, 2.45) is 17.3 Å². The van der Waals surface area contributed by atoms with E-state index >= 15 is 0 Å². The smallest absolute Gasteiger partial charge is 0.255 e. The quantitative estimate of drug-likeness (QED) is 0.824. The molecule has 1 aliphatic carbocycles. The van der Waals surface area contributed by atoms with Crippen molar-refractivity contribution in [3.63, 3.8) is 0 Å². The Morgan fingerprint density at radius 3 is 3.00 bits per heavy atom. The van der Waals surface area contributed by atoms with Crippen LogP contribution >= 0.6 is 0 Å². The van der Waals surface area contributed by atoms with Gasteiger partial charge in [0.25, 0.3) is 5.91 Å². The first kappa shape index (κ1) is 17.0. The van der Waals surface area contributed by atoms with Crippen LogP contribution in [0.25, 0.3) is 0 Å². The minimum Gasteiger partial charge on any atom is -0.380 e. The van der Waals surface area contributed by atoms with Gasteiger partial charge in [-0.05, 0) is 37.8 Å². The van der Waals surface area contributed by atoms with Gasteiger partial charge in [-0.15, -0.1) is 0 Å². The second-order valence-electron chi connectivity index (χ2n) is 8.11. The van der Waals surface area contributed by atoms with Crippen molar-refractivity contribution in [2.75, 3.05) is 39.5 Å². The van der Waals surface area contributed by atoms with Gasteiger partial charge in [-0.1, -0.05) is 12.8 Å². The van der Waals surface area contributed by atoms with Crippen LogP contribution < -0.4 is 0 Å². The van der Waals surface area contributed by atoms with Gasteiger partial charge in [-0.3, -0.25) is 9.78 Å². The Bertz CT molecular complexity index is 612. The Kier molecular flexibility index (Phi) is 4.78. The normalized spacial score (nSPS) is 29.3. The summed E-state index contributed by atoms with van der Waals surface area (Å²) in [4.78, 5) is 19.0. The number of likely N-dealkylation sites (tertiary alicyclic amines) is 1. The van der Waals surface area contributed by atoms with Crippen LogP contribution in [0.1, 0.15) is 41.7 Å². The summed E-state index contributed by atoms with van der Waals surface area (Å²) in [6.07, 6.45) is 6.98. The van der Waals surface area contributed by atoms with Gasteiger partial charge in [-0.25, -0.2) is 0 Å². The van der Waals surface area contributed by atoms with Crippen molar-refractivity contribution in [2.45, 2.75) is 32.6 Å². The zero-order valence-electron chi connectivity index (χ0n) is 15.1. The molecule has 2 aliphatic heterocycles. The molecule has 136 valence electrons. The Morgan fingerprint density at radius 2 is 2.24 bits per heavy atom. The topological polar surface area (TPSA) is 51.7 Å². The minimum atomic E-state index is -0.0214. The average molecular weight is 344 g/mol. The van der Waals surface area contributed by atoms with E-state index in [9.17, 15) is 4.79 Å². The van der Waals surface area contributed by atoms with E-state index in [0.29, 0.717) is 24.7 Å². The molecule has 1 aromatic rings. The van der Waals surface area contributed by atoms with Crippen LogP contribution in [0.2, 0.25) is 0 Å². The molecule has 5 heteroatoms. The molecule has 25 heavy (non-hydrogen) atoms. The summed E-state index contributed by atoms with van der Waals surface area (Å²) < 4.78 is 11.9. The first-order valence-corrected chi connectivity index (χ1v) is 9.54. The summed E-state index contributed by atoms with van der Waals surface area (Å²) in [5, 5.41) is 0. The van der Waals surface area contributed by atoms with Gasteiger partial charge < -0.3 is 14.4 Å². The van der Waals surface area contributed by atoms with E-state index in [1.54, 1.807) is 6.20 Å². The van der Waals surface area contributed by atoms with E-state index in [0.717, 1.165) is 37.9 Å². The summed E-state index contributed by atoms with van der Waals surface area (Å²) >= 11 is 0. The minimum absolute atomic E-state index is 0.0214. The lowest BCUT2D eigenvalue weighted by Gasteiger charge is -2.27. The predicted molar refractivity (Wildman–Crippen MR) is 94.4 cm³/mol. The van der Waals surface area contributed by atoms with Gasteiger partial charge in [0.2, 0.25) is 0 Å². The number of aryl methyl sites for hydroxylation is 1. The molecule has 2 saturated heterocycles. The van der Waals surface area contributed by atoms with Crippen LogP contribution in [0, 0.1) is 24.2 Å². The zero-order valence-corrected chi connectivity index (χ0v) is 15.1. The highest BCUT2D eigenvalue weighted by Crippen LogP contribution is 2.42. The molecule has 3 fully saturated rings. The van der Waals surface area contributed by atoms with Crippen LogP contribution in [-0.4, -0.2) is 55.3 Å². The molecule has 3 heterocycles. The summed E-state index contributed by atoms with van der Waals surface area (Å²) in [5.74, 6) is 1.20. The van der Waals surface area contributed by atoms with Crippen molar-refractivity contribution in [3.8, 4) is 0 Å². The number of hydrogen-bond acceptors (Lipinski definition) is 4. The number of fused-ring (bicyclic) bond motifs is 1. The number of ether oxygens (including phenoxy) is 2. The maximum absolute atomic E-state index is 12.8. The number of carbonyl (C=O) groups is 1. The standard InChI is InChI=1S/C20H28N2O3/c1-15-6-7-17(8-21-15)19(23)22-9-18-11-25-14-20(18,12-22)13-24-10-16-4-2-3-5-16/h6-8,16,18H,2-5,9-14H2,1H3/t18-,20-/m1/s1. The van der Waals surface area contributed by atoms with Crippen LogP contribution in [0.4, 0.5) is 0 Å². The Balaban J connectivity index is 1.38. The number of carbonyl (C=O) groups excluding carboxylic acids is 1. The van der Waals surface area contributed by atoms with E-state index in [1.807, 2.05) is 24.0 Å². The van der Waals surface area contributed by atoms with Crippen molar-refractivity contribution in [3.05, 3.63) is 29.6 Å². The van der Waals surface area contributed by atoms with Crippen molar-refractivity contribution in [1.29, 1.82) is 0 Å². The molecule has 0 radical (unpaired) electrons. The van der Waals surface area contributed by atoms with Gasteiger partial charge in [0.1, 0.15) is 0 Å². The fourth-order valence-corrected chi connectivity index (χ4v) is 4.57. The second-order valence-corrected chi connectivity index (χ2v) is 8.11. The van der Waals surface area contributed by atoms with Gasteiger partial charge in [-0.2, -0.15) is 0 Å². The van der Waals surface area contributed by atoms with Crippen molar-refractivity contribution in [1.82, 2.24) is 9.88 Å².